The fourth-order valence-electron chi connectivity index (χ4n) is 2.04. The molecule has 2 rings (SSSR count). The quantitative estimate of drug-likeness (QED) is 0.856. The van der Waals surface area contributed by atoms with Crippen LogP contribution < -0.4 is 5.32 Å². The number of hydrogen-bond donors (Lipinski definition) is 2. The standard InChI is InChI=1S/C16H21N3O2/c1-12-9-18-19(11-12)13(2)10-17-16(21)8-5-14-3-6-15(20)7-4-14/h3-4,6-7,9,11,13,20H,5,8,10H2,1-2H3,(H,17,21)/t13-/m0/s1. The van der Waals surface area contributed by atoms with E-state index in [1.165, 1.54) is 0 Å². The molecule has 0 bridgehead atoms. The van der Waals surface area contributed by atoms with Crippen molar-refractivity contribution in [3.05, 3.63) is 47.8 Å². The Hall–Kier alpha value is -2.30. The highest BCUT2D eigenvalue weighted by molar-refractivity contribution is 5.76. The van der Waals surface area contributed by atoms with E-state index in [0.717, 1.165) is 11.1 Å². The molecule has 0 saturated heterocycles. The van der Waals surface area contributed by atoms with Gasteiger partial charge < -0.3 is 10.4 Å². The van der Waals surface area contributed by atoms with Crippen molar-refractivity contribution in [2.24, 2.45) is 0 Å². The van der Waals surface area contributed by atoms with Crippen LogP contribution in [0, 0.1) is 6.92 Å². The van der Waals surface area contributed by atoms with E-state index in [0.29, 0.717) is 19.4 Å². The molecule has 0 radical (unpaired) electrons. The molecule has 5 heteroatoms. The molecule has 0 saturated carbocycles. The van der Waals surface area contributed by atoms with Gasteiger partial charge in [-0.15, -0.1) is 0 Å². The molecule has 5 nitrogen and oxygen atoms in total. The molecule has 2 aromatic rings. The Labute approximate surface area is 124 Å². The second-order valence-corrected chi connectivity index (χ2v) is 5.32. The Balaban J connectivity index is 1.73. The summed E-state index contributed by atoms with van der Waals surface area (Å²) in [7, 11) is 0. The predicted octanol–water partition coefficient (Wildman–Crippen LogP) is 2.21. The first-order valence-electron chi connectivity index (χ1n) is 7.10. The van der Waals surface area contributed by atoms with Crippen molar-refractivity contribution in [3.63, 3.8) is 0 Å². The van der Waals surface area contributed by atoms with E-state index in [4.69, 9.17) is 0 Å². The van der Waals surface area contributed by atoms with Crippen LogP contribution in [0.3, 0.4) is 0 Å². The smallest absolute Gasteiger partial charge is 0.220 e. The lowest BCUT2D eigenvalue weighted by Gasteiger charge is -2.13. The van der Waals surface area contributed by atoms with Crippen LogP contribution in [0.4, 0.5) is 0 Å². The number of rotatable bonds is 6. The number of aryl methyl sites for hydroxylation is 2. The molecule has 2 N–H and O–H groups in total. The summed E-state index contributed by atoms with van der Waals surface area (Å²) in [6.45, 7) is 4.58. The molecule has 112 valence electrons. The van der Waals surface area contributed by atoms with E-state index in [9.17, 15) is 9.90 Å². The average molecular weight is 287 g/mol. The van der Waals surface area contributed by atoms with Crippen molar-refractivity contribution in [3.8, 4) is 5.75 Å². The molecule has 1 amide bonds. The summed E-state index contributed by atoms with van der Waals surface area (Å²) in [5.41, 5.74) is 2.15. The number of nitrogens with zero attached hydrogens (tertiary/aromatic N) is 2. The summed E-state index contributed by atoms with van der Waals surface area (Å²) in [5, 5.41) is 16.4. The number of aromatic nitrogens is 2. The lowest BCUT2D eigenvalue weighted by atomic mass is 10.1. The molecule has 0 aliphatic heterocycles. The Morgan fingerprint density at radius 1 is 1.38 bits per heavy atom. The van der Waals surface area contributed by atoms with Gasteiger partial charge in [0.15, 0.2) is 0 Å². The highest BCUT2D eigenvalue weighted by atomic mass is 16.3. The average Bonchev–Trinajstić information content (AvgIpc) is 2.91. The van der Waals surface area contributed by atoms with Crippen molar-refractivity contribution in [2.75, 3.05) is 6.54 Å². The van der Waals surface area contributed by atoms with Gasteiger partial charge >= 0.3 is 0 Å². The molecular formula is C16H21N3O2. The summed E-state index contributed by atoms with van der Waals surface area (Å²) in [6.07, 6.45) is 4.88. The number of phenols is 1. The third-order valence-electron chi connectivity index (χ3n) is 3.35. The highest BCUT2D eigenvalue weighted by Gasteiger charge is 2.08. The monoisotopic (exact) mass is 287 g/mol. The van der Waals surface area contributed by atoms with E-state index in [2.05, 4.69) is 10.4 Å². The lowest BCUT2D eigenvalue weighted by molar-refractivity contribution is -0.121. The number of aromatic hydroxyl groups is 1. The number of carbonyl (C=O) groups excluding carboxylic acids is 1. The van der Waals surface area contributed by atoms with Gasteiger partial charge in [0.1, 0.15) is 5.75 Å². The Morgan fingerprint density at radius 2 is 2.10 bits per heavy atom. The molecule has 0 aliphatic carbocycles. The summed E-state index contributed by atoms with van der Waals surface area (Å²) in [5.74, 6) is 0.269. The van der Waals surface area contributed by atoms with E-state index in [1.54, 1.807) is 12.1 Å². The van der Waals surface area contributed by atoms with Crippen LogP contribution >= 0.6 is 0 Å². The molecule has 0 aliphatic rings. The van der Waals surface area contributed by atoms with E-state index < -0.39 is 0 Å². The highest BCUT2D eigenvalue weighted by Crippen LogP contribution is 2.11. The predicted molar refractivity (Wildman–Crippen MR) is 81.1 cm³/mol. The molecule has 1 aromatic heterocycles. The minimum absolute atomic E-state index is 0.0267. The Morgan fingerprint density at radius 3 is 2.71 bits per heavy atom. The van der Waals surface area contributed by atoms with Crippen LogP contribution in [-0.2, 0) is 11.2 Å². The van der Waals surface area contributed by atoms with Gasteiger partial charge in [0.2, 0.25) is 5.91 Å². The van der Waals surface area contributed by atoms with Crippen molar-refractivity contribution < 1.29 is 9.90 Å². The number of amides is 1. The van der Waals surface area contributed by atoms with Gasteiger partial charge in [0, 0.05) is 19.2 Å². The number of nitrogens with one attached hydrogen (secondary N) is 1. The minimum Gasteiger partial charge on any atom is -0.508 e. The molecule has 21 heavy (non-hydrogen) atoms. The largest absolute Gasteiger partial charge is 0.508 e. The summed E-state index contributed by atoms with van der Waals surface area (Å²) in [6, 6.07) is 7.07. The maximum atomic E-state index is 11.8. The van der Waals surface area contributed by atoms with Crippen LogP contribution in [0.25, 0.3) is 0 Å². The molecule has 0 unspecified atom stereocenters. The van der Waals surface area contributed by atoms with Crippen molar-refractivity contribution in [1.29, 1.82) is 0 Å². The number of hydrogen-bond acceptors (Lipinski definition) is 3. The van der Waals surface area contributed by atoms with Gasteiger partial charge in [-0.2, -0.15) is 5.10 Å². The van der Waals surface area contributed by atoms with E-state index in [1.807, 2.05) is 43.1 Å². The normalized spacial score (nSPS) is 12.1. The lowest BCUT2D eigenvalue weighted by Crippen LogP contribution is -2.29. The zero-order chi connectivity index (χ0) is 15.2. The van der Waals surface area contributed by atoms with Crippen molar-refractivity contribution in [2.45, 2.75) is 32.7 Å². The fraction of sp³-hybridized carbons (Fsp3) is 0.375. The van der Waals surface area contributed by atoms with Crippen LogP contribution in [0.2, 0.25) is 0 Å². The number of benzene rings is 1. The van der Waals surface area contributed by atoms with Gasteiger partial charge in [-0.05, 0) is 43.5 Å². The molecule has 1 heterocycles. The van der Waals surface area contributed by atoms with Crippen LogP contribution in [-0.4, -0.2) is 27.3 Å². The molecule has 1 aromatic carbocycles. The van der Waals surface area contributed by atoms with Crippen LogP contribution in [0.5, 0.6) is 5.75 Å². The number of phenolic OH excluding ortho intramolecular Hbond substituents is 1. The molecular weight excluding hydrogens is 266 g/mol. The number of carbonyl (C=O) groups is 1. The van der Waals surface area contributed by atoms with Gasteiger partial charge in [-0.25, -0.2) is 0 Å². The minimum atomic E-state index is 0.0267. The van der Waals surface area contributed by atoms with Gasteiger partial charge in [-0.3, -0.25) is 9.48 Å². The Kier molecular flexibility index (Phi) is 4.98. The maximum absolute atomic E-state index is 11.8. The first-order chi connectivity index (χ1) is 10.0. The first kappa shape index (κ1) is 15.1. The maximum Gasteiger partial charge on any atom is 0.220 e. The van der Waals surface area contributed by atoms with Crippen molar-refractivity contribution >= 4 is 5.91 Å². The van der Waals surface area contributed by atoms with Gasteiger partial charge in [0.25, 0.3) is 0 Å². The summed E-state index contributed by atoms with van der Waals surface area (Å²) >= 11 is 0. The van der Waals surface area contributed by atoms with Gasteiger partial charge in [0.05, 0.1) is 12.2 Å². The molecule has 0 spiro atoms. The zero-order valence-corrected chi connectivity index (χ0v) is 12.4. The van der Waals surface area contributed by atoms with Crippen molar-refractivity contribution in [1.82, 2.24) is 15.1 Å². The first-order valence-corrected chi connectivity index (χ1v) is 7.10. The topological polar surface area (TPSA) is 67.2 Å². The molecule has 1 atom stereocenters. The second-order valence-electron chi connectivity index (χ2n) is 5.32. The third kappa shape index (κ3) is 4.63. The zero-order valence-electron chi connectivity index (χ0n) is 12.4. The van der Waals surface area contributed by atoms with E-state index in [-0.39, 0.29) is 17.7 Å². The van der Waals surface area contributed by atoms with E-state index >= 15 is 0 Å². The summed E-state index contributed by atoms with van der Waals surface area (Å²) < 4.78 is 1.86. The molecule has 0 fully saturated rings. The fourth-order valence-corrected chi connectivity index (χ4v) is 2.04. The third-order valence-corrected chi connectivity index (χ3v) is 3.35. The van der Waals surface area contributed by atoms with Gasteiger partial charge in [-0.1, -0.05) is 12.1 Å². The van der Waals surface area contributed by atoms with Crippen LogP contribution in [0.1, 0.15) is 30.5 Å². The SMILES string of the molecule is Cc1cnn([C@@H](C)CNC(=O)CCc2ccc(O)cc2)c1. The second kappa shape index (κ2) is 6.92. The van der Waals surface area contributed by atoms with Crippen LogP contribution in [0.15, 0.2) is 36.7 Å². The summed E-state index contributed by atoms with van der Waals surface area (Å²) in [4.78, 5) is 11.8. The Bertz CT molecular complexity index is 590.